The van der Waals surface area contributed by atoms with E-state index >= 15 is 0 Å². The molecule has 1 unspecified atom stereocenters. The highest BCUT2D eigenvalue weighted by Gasteiger charge is 2.22. The number of aryl methyl sites for hydroxylation is 2. The van der Waals surface area contributed by atoms with Gasteiger partial charge in [0.15, 0.2) is 5.96 Å². The molecule has 0 fully saturated rings. The molecule has 1 aromatic carbocycles. The summed E-state index contributed by atoms with van der Waals surface area (Å²) >= 11 is 0. The number of hydrogen-bond acceptors (Lipinski definition) is 3. The van der Waals surface area contributed by atoms with Crippen LogP contribution in [0.3, 0.4) is 0 Å². The van der Waals surface area contributed by atoms with E-state index in [1.165, 1.54) is 5.56 Å². The SMILES string of the molecule is CCNC(=NCC(C)(O)c1ccccc1)NCCCc1cnn(C)c1.I. The number of halogens is 1. The molecule has 0 amide bonds. The predicted octanol–water partition coefficient (Wildman–Crippen LogP) is 2.43. The molecule has 1 aromatic heterocycles. The number of benzene rings is 1. The van der Waals surface area contributed by atoms with Crippen LogP contribution in [0.1, 0.15) is 31.4 Å². The number of aliphatic imine (C=N–C) groups is 1. The highest BCUT2D eigenvalue weighted by atomic mass is 127. The second kappa shape index (κ2) is 11.2. The van der Waals surface area contributed by atoms with Crippen molar-refractivity contribution in [3.8, 4) is 0 Å². The molecule has 7 heteroatoms. The average molecular weight is 471 g/mol. The van der Waals surface area contributed by atoms with Gasteiger partial charge in [-0.05, 0) is 37.8 Å². The van der Waals surface area contributed by atoms with Crippen LogP contribution in [0, 0.1) is 0 Å². The van der Waals surface area contributed by atoms with Crippen molar-refractivity contribution in [3.63, 3.8) is 0 Å². The largest absolute Gasteiger partial charge is 0.384 e. The topological polar surface area (TPSA) is 74.5 Å². The summed E-state index contributed by atoms with van der Waals surface area (Å²) in [5, 5.41) is 21.4. The molecule has 1 atom stereocenters. The third-order valence-electron chi connectivity index (χ3n) is 3.98. The molecule has 2 rings (SSSR count). The van der Waals surface area contributed by atoms with Crippen LogP contribution < -0.4 is 10.6 Å². The number of nitrogens with zero attached hydrogens (tertiary/aromatic N) is 3. The maximum Gasteiger partial charge on any atom is 0.191 e. The number of guanidine groups is 1. The van der Waals surface area contributed by atoms with Gasteiger partial charge in [-0.3, -0.25) is 4.68 Å². The van der Waals surface area contributed by atoms with Gasteiger partial charge in [-0.2, -0.15) is 5.10 Å². The minimum Gasteiger partial charge on any atom is -0.384 e. The van der Waals surface area contributed by atoms with Crippen LogP contribution in [0.2, 0.25) is 0 Å². The van der Waals surface area contributed by atoms with Gasteiger partial charge in [0, 0.05) is 26.3 Å². The Morgan fingerprint density at radius 2 is 2.00 bits per heavy atom. The molecule has 0 aliphatic rings. The Balaban J connectivity index is 0.00000338. The summed E-state index contributed by atoms with van der Waals surface area (Å²) in [6.07, 6.45) is 5.90. The number of aliphatic hydroxyl groups is 1. The zero-order valence-corrected chi connectivity index (χ0v) is 18.1. The summed E-state index contributed by atoms with van der Waals surface area (Å²) in [6, 6.07) is 9.63. The molecule has 0 radical (unpaired) electrons. The van der Waals surface area contributed by atoms with Gasteiger partial charge >= 0.3 is 0 Å². The van der Waals surface area contributed by atoms with E-state index in [1.54, 1.807) is 6.92 Å². The maximum absolute atomic E-state index is 10.7. The fourth-order valence-corrected chi connectivity index (χ4v) is 2.56. The Labute approximate surface area is 173 Å². The molecular formula is C19H30IN5O. The quantitative estimate of drug-likeness (QED) is 0.239. The van der Waals surface area contributed by atoms with E-state index < -0.39 is 5.60 Å². The molecule has 0 aliphatic heterocycles. The lowest BCUT2D eigenvalue weighted by Gasteiger charge is -2.22. The summed E-state index contributed by atoms with van der Waals surface area (Å²) < 4.78 is 1.82. The lowest BCUT2D eigenvalue weighted by Crippen LogP contribution is -2.39. The van der Waals surface area contributed by atoms with Crippen LogP contribution in [0.4, 0.5) is 0 Å². The summed E-state index contributed by atoms with van der Waals surface area (Å²) in [5.41, 5.74) is 1.11. The first-order valence-electron chi connectivity index (χ1n) is 8.79. The molecular weight excluding hydrogens is 441 g/mol. The number of rotatable bonds is 8. The fourth-order valence-electron chi connectivity index (χ4n) is 2.56. The lowest BCUT2D eigenvalue weighted by molar-refractivity contribution is 0.0672. The summed E-state index contributed by atoms with van der Waals surface area (Å²) in [7, 11) is 1.93. The monoisotopic (exact) mass is 471 g/mol. The first-order chi connectivity index (χ1) is 12.0. The minimum absolute atomic E-state index is 0. The van der Waals surface area contributed by atoms with Gasteiger partial charge < -0.3 is 15.7 Å². The zero-order valence-electron chi connectivity index (χ0n) is 15.8. The van der Waals surface area contributed by atoms with Crippen LogP contribution in [0.25, 0.3) is 0 Å². The van der Waals surface area contributed by atoms with Gasteiger partial charge in [0.2, 0.25) is 0 Å². The summed E-state index contributed by atoms with van der Waals surface area (Å²) in [5.74, 6) is 0.727. The molecule has 0 saturated heterocycles. The molecule has 0 spiro atoms. The van der Waals surface area contributed by atoms with Crippen molar-refractivity contribution in [2.24, 2.45) is 12.0 Å². The number of hydrogen-bond donors (Lipinski definition) is 3. The van der Waals surface area contributed by atoms with Crippen molar-refractivity contribution in [2.45, 2.75) is 32.3 Å². The van der Waals surface area contributed by atoms with Gasteiger partial charge in [-0.1, -0.05) is 30.3 Å². The van der Waals surface area contributed by atoms with Crippen molar-refractivity contribution in [2.75, 3.05) is 19.6 Å². The van der Waals surface area contributed by atoms with Crippen LogP contribution in [0.15, 0.2) is 47.7 Å². The van der Waals surface area contributed by atoms with E-state index in [-0.39, 0.29) is 24.0 Å². The van der Waals surface area contributed by atoms with Crippen molar-refractivity contribution in [1.82, 2.24) is 20.4 Å². The molecule has 3 N–H and O–H groups in total. The highest BCUT2D eigenvalue weighted by molar-refractivity contribution is 14.0. The standard InChI is InChI=1S/C19H29N5O.HI/c1-4-20-18(21-12-8-9-16-13-23-24(3)14-16)22-15-19(2,25)17-10-6-5-7-11-17;/h5-7,10-11,13-14,25H,4,8-9,12,15H2,1-3H3,(H2,20,21,22);1H. The van der Waals surface area contributed by atoms with Gasteiger partial charge in [0.25, 0.3) is 0 Å². The van der Waals surface area contributed by atoms with Crippen molar-refractivity contribution < 1.29 is 5.11 Å². The number of nitrogens with one attached hydrogen (secondary N) is 2. The number of aromatic nitrogens is 2. The molecule has 144 valence electrons. The molecule has 26 heavy (non-hydrogen) atoms. The van der Waals surface area contributed by atoms with Gasteiger partial charge in [-0.25, -0.2) is 4.99 Å². The van der Waals surface area contributed by atoms with Crippen molar-refractivity contribution in [1.29, 1.82) is 0 Å². The molecule has 6 nitrogen and oxygen atoms in total. The first kappa shape index (κ1) is 22.4. The average Bonchev–Trinajstić information content (AvgIpc) is 3.02. The maximum atomic E-state index is 10.7. The van der Waals surface area contributed by atoms with E-state index in [9.17, 15) is 5.11 Å². The molecule has 0 aliphatic carbocycles. The van der Waals surface area contributed by atoms with E-state index in [1.807, 2.05) is 61.4 Å². The fraction of sp³-hybridized carbons (Fsp3) is 0.474. The van der Waals surface area contributed by atoms with Crippen LogP contribution in [0.5, 0.6) is 0 Å². The second-order valence-electron chi connectivity index (χ2n) is 6.39. The Morgan fingerprint density at radius 1 is 1.27 bits per heavy atom. The summed E-state index contributed by atoms with van der Waals surface area (Å²) in [4.78, 5) is 4.54. The van der Waals surface area contributed by atoms with E-state index in [0.717, 1.165) is 37.5 Å². The normalized spacial score (nSPS) is 13.6. The molecule has 1 heterocycles. The Bertz CT molecular complexity index is 670. The van der Waals surface area contributed by atoms with E-state index in [0.29, 0.717) is 6.54 Å². The Hall–Kier alpha value is -1.61. The van der Waals surface area contributed by atoms with E-state index in [4.69, 9.17) is 0 Å². The Kier molecular flexibility index (Phi) is 9.64. The predicted molar refractivity (Wildman–Crippen MR) is 117 cm³/mol. The zero-order chi connectivity index (χ0) is 18.1. The minimum atomic E-state index is -0.987. The van der Waals surface area contributed by atoms with Crippen LogP contribution in [-0.4, -0.2) is 40.5 Å². The molecule has 0 saturated carbocycles. The second-order valence-corrected chi connectivity index (χ2v) is 6.39. The van der Waals surface area contributed by atoms with Crippen molar-refractivity contribution in [3.05, 3.63) is 53.9 Å². The van der Waals surface area contributed by atoms with Gasteiger partial charge in [-0.15, -0.1) is 24.0 Å². The first-order valence-corrected chi connectivity index (χ1v) is 8.79. The molecule has 0 bridgehead atoms. The third kappa shape index (κ3) is 7.33. The van der Waals surface area contributed by atoms with Crippen LogP contribution in [-0.2, 0) is 19.1 Å². The van der Waals surface area contributed by atoms with E-state index in [2.05, 4.69) is 20.7 Å². The highest BCUT2D eigenvalue weighted by Crippen LogP contribution is 2.20. The smallest absolute Gasteiger partial charge is 0.191 e. The van der Waals surface area contributed by atoms with Crippen molar-refractivity contribution >= 4 is 29.9 Å². The van der Waals surface area contributed by atoms with Crippen LogP contribution >= 0.6 is 24.0 Å². The third-order valence-corrected chi connectivity index (χ3v) is 3.98. The summed E-state index contributed by atoms with van der Waals surface area (Å²) in [6.45, 7) is 5.71. The van der Waals surface area contributed by atoms with Gasteiger partial charge in [0.05, 0.1) is 12.7 Å². The molecule has 2 aromatic rings. The Morgan fingerprint density at radius 3 is 2.62 bits per heavy atom. The lowest BCUT2D eigenvalue weighted by atomic mass is 9.96. The van der Waals surface area contributed by atoms with Gasteiger partial charge in [0.1, 0.15) is 5.60 Å².